The van der Waals surface area contributed by atoms with Gasteiger partial charge in [0.1, 0.15) is 5.60 Å². The summed E-state index contributed by atoms with van der Waals surface area (Å²) >= 11 is 0. The Morgan fingerprint density at radius 3 is 1.95 bits per heavy atom. The van der Waals surface area contributed by atoms with Crippen LogP contribution in [0.3, 0.4) is 0 Å². The molecule has 0 heterocycles. The van der Waals surface area contributed by atoms with Gasteiger partial charge in [0.05, 0.1) is 19.4 Å². The van der Waals surface area contributed by atoms with E-state index in [2.05, 4.69) is 33.5 Å². The number of rotatable bonds is 4. The fourth-order valence-electron chi connectivity index (χ4n) is 2.03. The highest BCUT2D eigenvalue weighted by Gasteiger charge is 2.43. The number of hydrogen-bond acceptors (Lipinski definition) is 3. The third-order valence-corrected chi connectivity index (χ3v) is 8.30. The molecule has 1 rings (SSSR count). The molecular formula is C16H33NO3Si. The zero-order chi connectivity index (χ0) is 16.6. The fourth-order valence-corrected chi connectivity index (χ4v) is 2.55. The summed E-state index contributed by atoms with van der Waals surface area (Å²) in [5, 5.41) is -0.0346. The van der Waals surface area contributed by atoms with Gasteiger partial charge in [0, 0.05) is 13.1 Å². The lowest BCUT2D eigenvalue weighted by molar-refractivity contribution is -0.0945. The molecule has 0 spiro atoms. The summed E-state index contributed by atoms with van der Waals surface area (Å²) in [6.45, 7) is 17.1. The van der Waals surface area contributed by atoms with Crippen molar-refractivity contribution in [3.8, 4) is 0 Å². The van der Waals surface area contributed by atoms with Crippen LogP contribution < -0.4 is 0 Å². The van der Waals surface area contributed by atoms with Gasteiger partial charge in [-0.15, -0.1) is 0 Å². The van der Waals surface area contributed by atoms with E-state index in [1.54, 1.807) is 4.90 Å². The van der Waals surface area contributed by atoms with Gasteiger partial charge < -0.3 is 14.4 Å². The van der Waals surface area contributed by atoms with Gasteiger partial charge in [-0.1, -0.05) is 19.6 Å². The standard InChI is InChI=1S/C16H33NO3Si/c1-15(2,3)20-14(18)17(6)12-10-13(11-12)19-16(4,5)21(7,8)9/h12-13H,10-11H2,1-9H3/t12-,13+. The smallest absolute Gasteiger partial charge is 0.410 e. The van der Waals surface area contributed by atoms with Crippen LogP contribution in [0.15, 0.2) is 0 Å². The molecule has 0 aromatic carbocycles. The third-order valence-electron chi connectivity index (χ3n) is 4.57. The van der Waals surface area contributed by atoms with Gasteiger partial charge in [-0.05, 0) is 47.5 Å². The Hall–Kier alpha value is -0.553. The Bertz CT molecular complexity index is 376. The Kier molecular flexibility index (Phi) is 5.21. The van der Waals surface area contributed by atoms with Crippen LogP contribution in [0.2, 0.25) is 19.6 Å². The molecule has 1 amide bonds. The van der Waals surface area contributed by atoms with Crippen molar-refractivity contribution in [1.29, 1.82) is 0 Å². The number of carbonyl (C=O) groups excluding carboxylic acids is 1. The van der Waals surface area contributed by atoms with Crippen molar-refractivity contribution in [3.63, 3.8) is 0 Å². The molecule has 1 saturated carbocycles. The summed E-state index contributed by atoms with van der Waals surface area (Å²) in [6, 6.07) is 0.238. The minimum atomic E-state index is -1.36. The second kappa shape index (κ2) is 5.92. The first kappa shape index (κ1) is 18.5. The molecule has 21 heavy (non-hydrogen) atoms. The van der Waals surface area contributed by atoms with Gasteiger partial charge in [-0.3, -0.25) is 0 Å². The maximum absolute atomic E-state index is 12.0. The summed E-state index contributed by atoms with van der Waals surface area (Å²) in [6.07, 6.45) is 1.84. The second-order valence-corrected chi connectivity index (χ2v) is 14.4. The van der Waals surface area contributed by atoms with E-state index in [-0.39, 0.29) is 23.5 Å². The van der Waals surface area contributed by atoms with Crippen LogP contribution in [0.25, 0.3) is 0 Å². The van der Waals surface area contributed by atoms with E-state index in [0.717, 1.165) is 12.8 Å². The molecule has 1 aliphatic rings. The number of ether oxygens (including phenoxy) is 2. The normalized spacial score (nSPS) is 23.5. The fraction of sp³-hybridized carbons (Fsp3) is 0.938. The molecule has 0 saturated heterocycles. The molecule has 0 radical (unpaired) electrons. The number of amides is 1. The highest BCUT2D eigenvalue weighted by atomic mass is 28.3. The first-order valence-electron chi connectivity index (χ1n) is 7.86. The van der Waals surface area contributed by atoms with Crippen molar-refractivity contribution in [2.75, 3.05) is 7.05 Å². The Morgan fingerprint density at radius 2 is 1.57 bits per heavy atom. The highest BCUT2D eigenvalue weighted by Crippen LogP contribution is 2.34. The summed E-state index contributed by atoms with van der Waals surface area (Å²) < 4.78 is 11.7. The molecule has 0 unspecified atom stereocenters. The predicted octanol–water partition coefficient (Wildman–Crippen LogP) is 4.06. The lowest BCUT2D eigenvalue weighted by atomic mass is 9.88. The first-order chi connectivity index (χ1) is 9.23. The zero-order valence-corrected chi connectivity index (χ0v) is 16.2. The van der Waals surface area contributed by atoms with Crippen molar-refractivity contribution in [1.82, 2.24) is 4.90 Å². The van der Waals surface area contributed by atoms with Crippen molar-refractivity contribution in [2.24, 2.45) is 0 Å². The molecule has 0 aromatic rings. The molecule has 0 bridgehead atoms. The molecule has 1 aliphatic carbocycles. The molecule has 0 N–H and O–H groups in total. The van der Waals surface area contributed by atoms with Crippen LogP contribution in [0.4, 0.5) is 4.79 Å². The van der Waals surface area contributed by atoms with E-state index in [0.29, 0.717) is 0 Å². The van der Waals surface area contributed by atoms with Gasteiger partial charge in [0.2, 0.25) is 0 Å². The van der Waals surface area contributed by atoms with Crippen LogP contribution in [0.1, 0.15) is 47.5 Å². The molecule has 0 aliphatic heterocycles. The third kappa shape index (κ3) is 4.99. The number of hydrogen-bond donors (Lipinski definition) is 0. The van der Waals surface area contributed by atoms with Gasteiger partial charge in [-0.25, -0.2) is 4.79 Å². The van der Waals surface area contributed by atoms with Gasteiger partial charge in [0.25, 0.3) is 0 Å². The number of nitrogens with zero attached hydrogens (tertiary/aromatic N) is 1. The summed E-state index contributed by atoms with van der Waals surface area (Å²) in [5.74, 6) is 0. The monoisotopic (exact) mass is 315 g/mol. The maximum atomic E-state index is 12.0. The van der Waals surface area contributed by atoms with Crippen molar-refractivity contribution in [2.45, 2.75) is 90.1 Å². The lowest BCUT2D eigenvalue weighted by Crippen LogP contribution is -2.56. The molecule has 4 nitrogen and oxygen atoms in total. The van der Waals surface area contributed by atoms with Crippen LogP contribution in [0, 0.1) is 0 Å². The minimum Gasteiger partial charge on any atom is -0.444 e. The van der Waals surface area contributed by atoms with Crippen LogP contribution in [-0.2, 0) is 9.47 Å². The van der Waals surface area contributed by atoms with Gasteiger partial charge in [0.15, 0.2) is 0 Å². The molecular weight excluding hydrogens is 282 g/mol. The number of carbonyl (C=O) groups is 1. The van der Waals surface area contributed by atoms with Crippen LogP contribution >= 0.6 is 0 Å². The second-order valence-electron chi connectivity index (χ2n) is 8.72. The van der Waals surface area contributed by atoms with E-state index in [1.807, 2.05) is 27.8 Å². The van der Waals surface area contributed by atoms with E-state index in [1.165, 1.54) is 0 Å². The average Bonchev–Trinajstić information content (AvgIpc) is 2.17. The average molecular weight is 316 g/mol. The van der Waals surface area contributed by atoms with Gasteiger partial charge >= 0.3 is 6.09 Å². The first-order valence-corrected chi connectivity index (χ1v) is 11.4. The summed E-state index contributed by atoms with van der Waals surface area (Å²) in [7, 11) is 0.458. The molecule has 1 fully saturated rings. The zero-order valence-electron chi connectivity index (χ0n) is 15.2. The van der Waals surface area contributed by atoms with E-state index in [9.17, 15) is 4.79 Å². The maximum Gasteiger partial charge on any atom is 0.410 e. The Labute approximate surface area is 131 Å². The highest BCUT2D eigenvalue weighted by molar-refractivity contribution is 6.78. The molecule has 5 heteroatoms. The largest absolute Gasteiger partial charge is 0.444 e. The Morgan fingerprint density at radius 1 is 1.10 bits per heavy atom. The van der Waals surface area contributed by atoms with E-state index < -0.39 is 13.7 Å². The lowest BCUT2D eigenvalue weighted by Gasteiger charge is -2.47. The SMILES string of the molecule is CN(C(=O)OC(C)(C)C)[C@H]1C[C@@H](OC(C)(C)[Si](C)(C)C)C1. The molecule has 0 atom stereocenters. The minimum absolute atomic E-state index is 0.0346. The van der Waals surface area contributed by atoms with E-state index >= 15 is 0 Å². The van der Waals surface area contributed by atoms with Gasteiger partial charge in [-0.2, -0.15) is 0 Å². The Balaban J connectivity index is 2.45. The van der Waals surface area contributed by atoms with Crippen LogP contribution in [-0.4, -0.2) is 49.1 Å². The van der Waals surface area contributed by atoms with Crippen LogP contribution in [0.5, 0.6) is 0 Å². The van der Waals surface area contributed by atoms with Crippen molar-refractivity contribution in [3.05, 3.63) is 0 Å². The summed E-state index contributed by atoms with van der Waals surface area (Å²) in [5.41, 5.74) is -0.440. The predicted molar refractivity (Wildman–Crippen MR) is 89.3 cm³/mol. The van der Waals surface area contributed by atoms with E-state index in [4.69, 9.17) is 9.47 Å². The topological polar surface area (TPSA) is 38.8 Å². The quantitative estimate of drug-likeness (QED) is 0.734. The molecule has 0 aromatic heterocycles. The van der Waals surface area contributed by atoms with Crippen molar-refractivity contribution >= 4 is 14.2 Å². The molecule has 124 valence electrons. The summed E-state index contributed by atoms with van der Waals surface area (Å²) in [4.78, 5) is 13.7. The van der Waals surface area contributed by atoms with Crippen molar-refractivity contribution < 1.29 is 14.3 Å².